The lowest BCUT2D eigenvalue weighted by Gasteiger charge is -2.30. The molecule has 1 aliphatic heterocycles. The highest BCUT2D eigenvalue weighted by atomic mass is 16.2. The maximum Gasteiger partial charge on any atom is 0.283 e. The molecule has 0 aromatic carbocycles. The first-order valence-corrected chi connectivity index (χ1v) is 6.18. The Morgan fingerprint density at radius 3 is 2.95 bits per heavy atom. The van der Waals surface area contributed by atoms with Crippen LogP contribution in [0.3, 0.4) is 0 Å². The van der Waals surface area contributed by atoms with Crippen LogP contribution >= 0.6 is 0 Å². The third-order valence-electron chi connectivity index (χ3n) is 3.20. The van der Waals surface area contributed by atoms with Crippen LogP contribution in [0.2, 0.25) is 0 Å². The van der Waals surface area contributed by atoms with Crippen molar-refractivity contribution in [1.82, 2.24) is 19.7 Å². The maximum absolute atomic E-state index is 12.6. The summed E-state index contributed by atoms with van der Waals surface area (Å²) in [5.41, 5.74) is 0.754. The SMILES string of the molecule is C=C1NC(=O)CCN1c1c(C)nc2ncccn2c1=O. The molecule has 1 aliphatic rings. The molecule has 0 bridgehead atoms. The molecule has 7 heteroatoms. The van der Waals surface area contributed by atoms with Gasteiger partial charge in [-0.2, -0.15) is 0 Å². The fraction of sp³-hybridized carbons (Fsp3) is 0.231. The third-order valence-corrected chi connectivity index (χ3v) is 3.20. The topological polar surface area (TPSA) is 79.6 Å². The Morgan fingerprint density at radius 1 is 1.40 bits per heavy atom. The first kappa shape index (κ1) is 12.3. The zero-order valence-electron chi connectivity index (χ0n) is 11.0. The van der Waals surface area contributed by atoms with E-state index in [1.54, 1.807) is 30.3 Å². The molecule has 3 rings (SSSR count). The van der Waals surface area contributed by atoms with Crippen LogP contribution in [0.4, 0.5) is 5.69 Å². The molecule has 20 heavy (non-hydrogen) atoms. The standard InChI is InChI=1S/C13H13N5O2/c1-8-11(17-7-4-10(19)16-9(17)2)12(20)18-6-3-5-14-13(18)15-8/h3,5-6H,2,4,7H2,1H3,(H,16,19). The number of anilines is 1. The Bertz CT molecular complexity index is 780. The minimum atomic E-state index is -0.224. The Labute approximate surface area is 114 Å². The van der Waals surface area contributed by atoms with Gasteiger partial charge in [-0.1, -0.05) is 6.58 Å². The van der Waals surface area contributed by atoms with Crippen molar-refractivity contribution in [2.45, 2.75) is 13.3 Å². The van der Waals surface area contributed by atoms with Gasteiger partial charge in [-0.25, -0.2) is 9.97 Å². The molecule has 7 nitrogen and oxygen atoms in total. The van der Waals surface area contributed by atoms with E-state index in [0.717, 1.165) is 0 Å². The lowest BCUT2D eigenvalue weighted by Crippen LogP contribution is -2.45. The molecule has 0 radical (unpaired) electrons. The number of carbonyl (C=O) groups excluding carboxylic acids is 1. The highest BCUT2D eigenvalue weighted by Crippen LogP contribution is 2.19. The number of nitrogens with one attached hydrogen (secondary N) is 1. The lowest BCUT2D eigenvalue weighted by molar-refractivity contribution is -0.120. The predicted octanol–water partition coefficient (Wildman–Crippen LogP) is 0.195. The summed E-state index contributed by atoms with van der Waals surface area (Å²) in [6.07, 6.45) is 3.51. The van der Waals surface area contributed by atoms with E-state index in [4.69, 9.17) is 0 Å². The van der Waals surface area contributed by atoms with Crippen molar-refractivity contribution in [2.75, 3.05) is 11.4 Å². The molecule has 0 atom stereocenters. The molecule has 1 saturated heterocycles. The largest absolute Gasteiger partial charge is 0.322 e. The van der Waals surface area contributed by atoms with Crippen molar-refractivity contribution in [3.8, 4) is 0 Å². The second kappa shape index (κ2) is 4.44. The van der Waals surface area contributed by atoms with Crippen LogP contribution < -0.4 is 15.8 Å². The highest BCUT2D eigenvalue weighted by Gasteiger charge is 2.24. The van der Waals surface area contributed by atoms with Crippen molar-refractivity contribution in [3.05, 3.63) is 46.9 Å². The van der Waals surface area contributed by atoms with Crippen LogP contribution in [0.5, 0.6) is 0 Å². The summed E-state index contributed by atoms with van der Waals surface area (Å²) in [6.45, 7) is 5.94. The number of nitrogens with zero attached hydrogens (tertiary/aromatic N) is 4. The zero-order valence-corrected chi connectivity index (χ0v) is 11.0. The maximum atomic E-state index is 12.6. The number of rotatable bonds is 1. The molecule has 2 aromatic heterocycles. The van der Waals surface area contributed by atoms with Gasteiger partial charge in [-0.05, 0) is 13.0 Å². The summed E-state index contributed by atoms with van der Waals surface area (Å²) in [5, 5.41) is 2.63. The molecule has 1 amide bonds. The van der Waals surface area contributed by atoms with Crippen molar-refractivity contribution in [3.63, 3.8) is 0 Å². The van der Waals surface area contributed by atoms with Gasteiger partial charge in [-0.3, -0.25) is 14.0 Å². The Hall–Kier alpha value is -2.70. The summed E-state index contributed by atoms with van der Waals surface area (Å²) in [6, 6.07) is 1.67. The van der Waals surface area contributed by atoms with E-state index >= 15 is 0 Å². The molecule has 102 valence electrons. The lowest BCUT2D eigenvalue weighted by atomic mass is 10.2. The highest BCUT2D eigenvalue weighted by molar-refractivity contribution is 5.81. The van der Waals surface area contributed by atoms with Crippen molar-refractivity contribution in [2.24, 2.45) is 0 Å². The number of fused-ring (bicyclic) bond motifs is 1. The van der Waals surface area contributed by atoms with E-state index in [9.17, 15) is 9.59 Å². The van der Waals surface area contributed by atoms with Crippen molar-refractivity contribution in [1.29, 1.82) is 0 Å². The number of hydrogen-bond acceptors (Lipinski definition) is 5. The van der Waals surface area contributed by atoms with E-state index in [2.05, 4.69) is 21.9 Å². The van der Waals surface area contributed by atoms with E-state index < -0.39 is 0 Å². The van der Waals surface area contributed by atoms with Crippen LogP contribution in [-0.2, 0) is 4.79 Å². The zero-order chi connectivity index (χ0) is 14.3. The van der Waals surface area contributed by atoms with Crippen molar-refractivity contribution < 1.29 is 4.79 Å². The van der Waals surface area contributed by atoms with Crippen molar-refractivity contribution >= 4 is 17.4 Å². The molecule has 3 heterocycles. The predicted molar refractivity (Wildman–Crippen MR) is 73.2 cm³/mol. The summed E-state index contributed by atoms with van der Waals surface area (Å²) < 4.78 is 1.38. The molecule has 1 fully saturated rings. The average molecular weight is 271 g/mol. The summed E-state index contributed by atoms with van der Waals surface area (Å²) in [7, 11) is 0. The fourth-order valence-corrected chi connectivity index (χ4v) is 2.27. The molecule has 1 N–H and O–H groups in total. The van der Waals surface area contributed by atoms with Gasteiger partial charge in [0.15, 0.2) is 0 Å². The Balaban J connectivity index is 2.19. The monoisotopic (exact) mass is 271 g/mol. The number of amides is 1. The van der Waals surface area contributed by atoms with Gasteiger partial charge in [0.1, 0.15) is 11.5 Å². The first-order chi connectivity index (χ1) is 9.58. The van der Waals surface area contributed by atoms with Gasteiger partial charge in [0.05, 0.1) is 5.69 Å². The van der Waals surface area contributed by atoms with Crippen LogP contribution in [-0.4, -0.2) is 26.8 Å². The van der Waals surface area contributed by atoms with Crippen LogP contribution in [0.25, 0.3) is 5.78 Å². The minimum Gasteiger partial charge on any atom is -0.322 e. The Kier molecular flexibility index (Phi) is 2.74. The molecule has 2 aromatic rings. The quantitative estimate of drug-likeness (QED) is 0.801. The van der Waals surface area contributed by atoms with E-state index in [1.807, 2.05) is 0 Å². The fourth-order valence-electron chi connectivity index (χ4n) is 2.27. The van der Waals surface area contributed by atoms with Gasteiger partial charge in [0.25, 0.3) is 5.56 Å². The normalized spacial score (nSPS) is 15.6. The number of hydrogen-bond donors (Lipinski definition) is 1. The third kappa shape index (κ3) is 1.83. The summed E-state index contributed by atoms with van der Waals surface area (Å²) >= 11 is 0. The van der Waals surface area contributed by atoms with E-state index in [1.165, 1.54) is 4.40 Å². The number of carbonyl (C=O) groups is 1. The molecule has 0 saturated carbocycles. The molecule has 0 unspecified atom stereocenters. The van der Waals surface area contributed by atoms with E-state index in [-0.39, 0.29) is 11.5 Å². The molecule has 0 aliphatic carbocycles. The summed E-state index contributed by atoms with van der Waals surface area (Å²) in [4.78, 5) is 34.0. The molecule has 0 spiro atoms. The van der Waals surface area contributed by atoms with Gasteiger partial charge in [0.2, 0.25) is 11.7 Å². The molecular weight excluding hydrogens is 258 g/mol. The second-order valence-electron chi connectivity index (χ2n) is 4.54. The second-order valence-corrected chi connectivity index (χ2v) is 4.54. The smallest absolute Gasteiger partial charge is 0.283 e. The van der Waals surface area contributed by atoms with Crippen LogP contribution in [0, 0.1) is 6.92 Å². The number of aromatic nitrogens is 3. The first-order valence-electron chi connectivity index (χ1n) is 6.18. The van der Waals surface area contributed by atoms with Crippen LogP contribution in [0.1, 0.15) is 12.1 Å². The average Bonchev–Trinajstić information content (AvgIpc) is 2.41. The van der Waals surface area contributed by atoms with Crippen LogP contribution in [0.15, 0.2) is 35.7 Å². The number of aryl methyl sites for hydroxylation is 1. The minimum absolute atomic E-state index is 0.0978. The summed E-state index contributed by atoms with van der Waals surface area (Å²) in [5.74, 6) is 0.650. The van der Waals surface area contributed by atoms with Gasteiger partial charge < -0.3 is 10.2 Å². The van der Waals surface area contributed by atoms with Gasteiger partial charge in [0, 0.05) is 25.4 Å². The molecular formula is C13H13N5O2. The van der Waals surface area contributed by atoms with Gasteiger partial charge >= 0.3 is 0 Å². The Morgan fingerprint density at radius 2 is 2.20 bits per heavy atom. The van der Waals surface area contributed by atoms with E-state index in [0.29, 0.717) is 35.9 Å². The van der Waals surface area contributed by atoms with Gasteiger partial charge in [-0.15, -0.1) is 0 Å².